The molecule has 1 aromatic rings. The lowest BCUT2D eigenvalue weighted by molar-refractivity contribution is 0.833. The summed E-state index contributed by atoms with van der Waals surface area (Å²) in [6.07, 6.45) is 0. The Morgan fingerprint density at radius 2 is 2.33 bits per heavy atom. The summed E-state index contributed by atoms with van der Waals surface area (Å²) in [4.78, 5) is 0. The van der Waals surface area contributed by atoms with Gasteiger partial charge in [0, 0.05) is 11.8 Å². The normalized spacial score (nSPS) is 13.7. The van der Waals surface area contributed by atoms with Gasteiger partial charge >= 0.3 is 0 Å². The molecule has 0 aliphatic heterocycles. The van der Waals surface area contributed by atoms with Crippen molar-refractivity contribution in [2.24, 2.45) is 5.73 Å². The van der Waals surface area contributed by atoms with Crippen molar-refractivity contribution in [3.8, 4) is 0 Å². The van der Waals surface area contributed by atoms with Crippen LogP contribution in [0, 0.1) is 0 Å². The first-order valence-electron chi connectivity index (χ1n) is 4.09. The molecule has 1 rings (SSSR count). The summed E-state index contributed by atoms with van der Waals surface area (Å²) in [6.45, 7) is 4.40. The van der Waals surface area contributed by atoms with Crippen LogP contribution < -0.4 is 5.73 Å². The van der Waals surface area contributed by atoms with Gasteiger partial charge in [-0.3, -0.25) is 0 Å². The molecule has 0 aromatic carbocycles. The molecule has 12 heavy (non-hydrogen) atoms. The number of hydrogen-bond donors (Lipinski definition) is 1. The summed E-state index contributed by atoms with van der Waals surface area (Å²) in [6, 6.07) is 2.32. The lowest BCUT2D eigenvalue weighted by atomic mass is 10.2. The first-order valence-corrected chi connectivity index (χ1v) is 6.08. The van der Waals surface area contributed by atoms with Gasteiger partial charge in [0.1, 0.15) is 0 Å². The highest BCUT2D eigenvalue weighted by Crippen LogP contribution is 2.20. The fourth-order valence-electron chi connectivity index (χ4n) is 0.878. The molecule has 3 heteroatoms. The third-order valence-electron chi connectivity index (χ3n) is 1.58. The first-order chi connectivity index (χ1) is 5.70. The van der Waals surface area contributed by atoms with E-state index in [4.69, 9.17) is 5.73 Å². The first kappa shape index (κ1) is 10.1. The molecular formula is C9H15NS2. The molecule has 0 saturated heterocycles. The molecule has 0 aliphatic carbocycles. The Bertz CT molecular complexity index is 206. The van der Waals surface area contributed by atoms with E-state index in [1.165, 1.54) is 5.56 Å². The molecule has 1 unspecified atom stereocenters. The maximum absolute atomic E-state index is 5.97. The third-order valence-corrected chi connectivity index (χ3v) is 3.50. The molecule has 0 saturated carbocycles. The van der Waals surface area contributed by atoms with Gasteiger partial charge in [-0.2, -0.15) is 23.1 Å². The highest BCUT2D eigenvalue weighted by molar-refractivity contribution is 7.99. The minimum Gasteiger partial charge on any atom is -0.323 e. The van der Waals surface area contributed by atoms with Crippen LogP contribution in [0.5, 0.6) is 0 Å². The lowest BCUT2D eigenvalue weighted by Gasteiger charge is -2.10. The quantitative estimate of drug-likeness (QED) is 0.810. The van der Waals surface area contributed by atoms with Crippen molar-refractivity contribution in [3.63, 3.8) is 0 Å². The molecule has 0 fully saturated rings. The number of nitrogens with two attached hydrogens (primary N) is 1. The van der Waals surface area contributed by atoms with E-state index in [1.54, 1.807) is 11.3 Å². The predicted molar refractivity (Wildman–Crippen MR) is 58.8 cm³/mol. The molecule has 0 aliphatic rings. The Morgan fingerprint density at radius 1 is 1.58 bits per heavy atom. The van der Waals surface area contributed by atoms with E-state index in [2.05, 4.69) is 30.7 Å². The highest BCUT2D eigenvalue weighted by atomic mass is 32.2. The van der Waals surface area contributed by atoms with E-state index in [0.29, 0.717) is 5.25 Å². The van der Waals surface area contributed by atoms with Crippen molar-refractivity contribution < 1.29 is 0 Å². The average molecular weight is 201 g/mol. The smallest absolute Gasteiger partial charge is 0.0395 e. The second-order valence-electron chi connectivity index (χ2n) is 3.05. The molecule has 0 radical (unpaired) electrons. The monoisotopic (exact) mass is 201 g/mol. The van der Waals surface area contributed by atoms with Crippen molar-refractivity contribution in [1.29, 1.82) is 0 Å². The third kappa shape index (κ3) is 3.17. The molecular weight excluding hydrogens is 186 g/mol. The van der Waals surface area contributed by atoms with Crippen LogP contribution in [0.3, 0.4) is 0 Å². The van der Waals surface area contributed by atoms with Crippen molar-refractivity contribution in [2.45, 2.75) is 25.1 Å². The van der Waals surface area contributed by atoms with Gasteiger partial charge in [-0.05, 0) is 27.6 Å². The van der Waals surface area contributed by atoms with Crippen LogP contribution in [0.15, 0.2) is 16.8 Å². The zero-order valence-electron chi connectivity index (χ0n) is 7.49. The second kappa shape index (κ2) is 4.90. The molecule has 1 nitrogen and oxygen atoms in total. The van der Waals surface area contributed by atoms with Gasteiger partial charge in [0.2, 0.25) is 0 Å². The van der Waals surface area contributed by atoms with Gasteiger partial charge in [-0.15, -0.1) is 0 Å². The van der Waals surface area contributed by atoms with Crippen LogP contribution in [0.4, 0.5) is 0 Å². The van der Waals surface area contributed by atoms with E-state index in [1.807, 2.05) is 11.8 Å². The van der Waals surface area contributed by atoms with Crippen LogP contribution in [0.25, 0.3) is 0 Å². The number of thioether (sulfide) groups is 1. The Labute approximate surface area is 82.4 Å². The number of rotatable bonds is 4. The van der Waals surface area contributed by atoms with Gasteiger partial charge in [0.05, 0.1) is 0 Å². The van der Waals surface area contributed by atoms with Crippen molar-refractivity contribution in [3.05, 3.63) is 22.4 Å². The lowest BCUT2D eigenvalue weighted by Crippen LogP contribution is -2.13. The Hall–Kier alpha value is 0.01000. The number of hydrogen-bond acceptors (Lipinski definition) is 3. The molecule has 0 bridgehead atoms. The molecule has 0 spiro atoms. The molecule has 68 valence electrons. The fourth-order valence-corrected chi connectivity index (χ4v) is 2.39. The maximum Gasteiger partial charge on any atom is 0.0395 e. The van der Waals surface area contributed by atoms with E-state index in [-0.39, 0.29) is 6.04 Å². The predicted octanol–water partition coefficient (Wildman–Crippen LogP) is 2.89. The van der Waals surface area contributed by atoms with Crippen LogP contribution in [0.1, 0.15) is 25.5 Å². The largest absolute Gasteiger partial charge is 0.323 e. The zero-order valence-corrected chi connectivity index (χ0v) is 9.12. The SMILES string of the molecule is CC(C)SCC(N)c1ccsc1. The number of thiophene rings is 1. The Morgan fingerprint density at radius 3 is 2.83 bits per heavy atom. The topological polar surface area (TPSA) is 26.0 Å². The highest BCUT2D eigenvalue weighted by Gasteiger charge is 2.06. The zero-order chi connectivity index (χ0) is 8.97. The van der Waals surface area contributed by atoms with Crippen molar-refractivity contribution in [1.82, 2.24) is 0 Å². The van der Waals surface area contributed by atoms with Gasteiger partial charge in [0.15, 0.2) is 0 Å². The van der Waals surface area contributed by atoms with Crippen LogP contribution in [-0.4, -0.2) is 11.0 Å². The van der Waals surface area contributed by atoms with Gasteiger partial charge in [-0.1, -0.05) is 13.8 Å². The summed E-state index contributed by atoms with van der Waals surface area (Å²) in [7, 11) is 0. The minimum atomic E-state index is 0.212. The summed E-state index contributed by atoms with van der Waals surface area (Å²) >= 11 is 3.63. The molecule has 2 N–H and O–H groups in total. The van der Waals surface area contributed by atoms with Crippen LogP contribution in [0.2, 0.25) is 0 Å². The van der Waals surface area contributed by atoms with E-state index >= 15 is 0 Å². The van der Waals surface area contributed by atoms with Gasteiger partial charge in [-0.25, -0.2) is 0 Å². The standard InChI is InChI=1S/C9H15NS2/c1-7(2)12-6-9(10)8-3-4-11-5-8/h3-5,7,9H,6,10H2,1-2H3. The second-order valence-corrected chi connectivity index (χ2v) is 5.43. The summed E-state index contributed by atoms with van der Waals surface area (Å²) in [5, 5.41) is 4.88. The fraction of sp³-hybridized carbons (Fsp3) is 0.556. The van der Waals surface area contributed by atoms with Crippen LogP contribution in [-0.2, 0) is 0 Å². The summed E-state index contributed by atoms with van der Waals surface area (Å²) in [5.41, 5.74) is 7.25. The van der Waals surface area contributed by atoms with Crippen LogP contribution >= 0.6 is 23.1 Å². The van der Waals surface area contributed by atoms with Crippen molar-refractivity contribution >= 4 is 23.1 Å². The Kier molecular flexibility index (Phi) is 4.12. The Balaban J connectivity index is 2.34. The van der Waals surface area contributed by atoms with E-state index in [9.17, 15) is 0 Å². The summed E-state index contributed by atoms with van der Waals surface area (Å²) in [5.74, 6) is 1.02. The van der Waals surface area contributed by atoms with Crippen molar-refractivity contribution in [2.75, 3.05) is 5.75 Å². The molecule has 1 atom stereocenters. The minimum absolute atomic E-state index is 0.212. The molecule has 1 aromatic heterocycles. The molecule has 1 heterocycles. The van der Waals surface area contributed by atoms with Gasteiger partial charge in [0.25, 0.3) is 0 Å². The maximum atomic E-state index is 5.97. The molecule has 0 amide bonds. The summed E-state index contributed by atoms with van der Waals surface area (Å²) < 4.78 is 0. The average Bonchev–Trinajstić information content (AvgIpc) is 2.51. The van der Waals surface area contributed by atoms with E-state index in [0.717, 1.165) is 5.75 Å². The van der Waals surface area contributed by atoms with E-state index < -0.39 is 0 Å². The van der Waals surface area contributed by atoms with Gasteiger partial charge < -0.3 is 5.73 Å².